The molecule has 0 unspecified atom stereocenters. The zero-order chi connectivity index (χ0) is 32.5. The van der Waals surface area contributed by atoms with Crippen LogP contribution in [0.15, 0.2) is 100 Å². The van der Waals surface area contributed by atoms with E-state index >= 15 is 0 Å². The van der Waals surface area contributed by atoms with Crippen LogP contribution in [-0.2, 0) is 0 Å². The van der Waals surface area contributed by atoms with Crippen LogP contribution in [0, 0.1) is 24.0 Å². The van der Waals surface area contributed by atoms with Gasteiger partial charge in [0.25, 0.3) is 5.69 Å². The zero-order valence-corrected chi connectivity index (χ0v) is 24.9. The van der Waals surface area contributed by atoms with E-state index in [1.807, 2.05) is 54.6 Å². The van der Waals surface area contributed by atoms with Gasteiger partial charge in [0.15, 0.2) is 5.43 Å². The van der Waals surface area contributed by atoms with Crippen molar-refractivity contribution in [3.8, 4) is 28.2 Å². The minimum atomic E-state index is -1.11. The molecule has 0 spiro atoms. The second kappa shape index (κ2) is 12.0. The minimum absolute atomic E-state index is 0.0162. The number of carbonyl (C=O) groups is 1. The Balaban J connectivity index is 1.29. The lowest BCUT2D eigenvalue weighted by atomic mass is 9.90. The maximum atomic E-state index is 12.5. The van der Waals surface area contributed by atoms with Crippen molar-refractivity contribution in [2.24, 2.45) is 0 Å². The molecular formula is C38H27NO7. The Hall–Kier alpha value is -6.28. The van der Waals surface area contributed by atoms with Crippen LogP contribution in [0.25, 0.3) is 57.7 Å². The highest BCUT2D eigenvalue weighted by Gasteiger charge is 2.22. The number of hydrogen-bond acceptors (Lipinski definition) is 6. The summed E-state index contributed by atoms with van der Waals surface area (Å²) in [5.41, 5.74) is 6.56. The van der Waals surface area contributed by atoms with Crippen molar-refractivity contribution in [2.75, 3.05) is 0 Å². The molecule has 0 bridgehead atoms. The predicted molar refractivity (Wildman–Crippen MR) is 180 cm³/mol. The van der Waals surface area contributed by atoms with Gasteiger partial charge in [0, 0.05) is 39.8 Å². The highest BCUT2D eigenvalue weighted by molar-refractivity contribution is 6.08. The monoisotopic (exact) mass is 609 g/mol. The summed E-state index contributed by atoms with van der Waals surface area (Å²) in [6.45, 7) is 3.46. The molecule has 0 saturated heterocycles. The van der Waals surface area contributed by atoms with E-state index in [2.05, 4.69) is 0 Å². The molecule has 6 rings (SSSR count). The van der Waals surface area contributed by atoms with E-state index < -0.39 is 5.97 Å². The number of hydrogen-bond donors (Lipinski definition) is 2. The molecule has 1 aliphatic heterocycles. The summed E-state index contributed by atoms with van der Waals surface area (Å²) < 4.78 is 5.90. The van der Waals surface area contributed by atoms with Gasteiger partial charge in [0.1, 0.15) is 17.1 Å². The van der Waals surface area contributed by atoms with Gasteiger partial charge < -0.3 is 14.6 Å². The van der Waals surface area contributed by atoms with Gasteiger partial charge >= 0.3 is 5.97 Å². The summed E-state index contributed by atoms with van der Waals surface area (Å²) in [7, 11) is 0. The van der Waals surface area contributed by atoms with Gasteiger partial charge in [-0.3, -0.25) is 14.9 Å². The van der Waals surface area contributed by atoms with Crippen LogP contribution < -0.4 is 5.43 Å². The molecule has 8 heteroatoms. The molecule has 226 valence electrons. The first kappa shape index (κ1) is 29.8. The Morgan fingerprint density at radius 2 is 1.33 bits per heavy atom. The number of carboxylic acid groups (broad SMARTS) is 1. The molecule has 2 aliphatic rings. The fourth-order valence-corrected chi connectivity index (χ4v) is 5.69. The Kier molecular flexibility index (Phi) is 7.78. The first-order valence-corrected chi connectivity index (χ1v) is 14.4. The number of phenols is 1. The summed E-state index contributed by atoms with van der Waals surface area (Å²) >= 11 is 0. The third-order valence-corrected chi connectivity index (χ3v) is 7.79. The minimum Gasteiger partial charge on any atom is -0.508 e. The first-order chi connectivity index (χ1) is 22.1. The number of benzene rings is 5. The normalized spacial score (nSPS) is 11.6. The van der Waals surface area contributed by atoms with Gasteiger partial charge in [-0.1, -0.05) is 60.7 Å². The van der Waals surface area contributed by atoms with E-state index in [1.54, 1.807) is 50.2 Å². The second-order valence-electron chi connectivity index (χ2n) is 11.0. The van der Waals surface area contributed by atoms with Crippen molar-refractivity contribution >= 4 is 46.9 Å². The van der Waals surface area contributed by atoms with Crippen LogP contribution in [-0.4, -0.2) is 21.1 Å². The smallest absolute Gasteiger partial charge is 0.336 e. The van der Waals surface area contributed by atoms with Crippen molar-refractivity contribution in [2.45, 2.75) is 13.8 Å². The van der Waals surface area contributed by atoms with Crippen molar-refractivity contribution in [3.05, 3.63) is 150 Å². The largest absolute Gasteiger partial charge is 0.508 e. The fraction of sp³-hybridized carbons (Fsp3) is 0.0526. The molecule has 0 saturated carbocycles. The maximum Gasteiger partial charge on any atom is 0.336 e. The highest BCUT2D eigenvalue weighted by atomic mass is 16.6. The summed E-state index contributed by atoms with van der Waals surface area (Å²) in [6.07, 6.45) is 7.58. The van der Waals surface area contributed by atoms with Gasteiger partial charge in [0.05, 0.1) is 10.5 Å². The molecule has 1 aliphatic carbocycles. The molecule has 4 aromatic carbocycles. The number of nitrogens with zero attached hydrogens (tertiary/aromatic N) is 1. The third kappa shape index (κ3) is 5.92. The predicted octanol–water partition coefficient (Wildman–Crippen LogP) is 8.83. The van der Waals surface area contributed by atoms with Crippen molar-refractivity contribution in [1.29, 1.82) is 0 Å². The quantitative estimate of drug-likeness (QED) is 0.0800. The zero-order valence-electron chi connectivity index (χ0n) is 24.9. The average molecular weight is 610 g/mol. The Labute approximate surface area is 263 Å². The molecule has 1 heterocycles. The number of aromatic carboxylic acids is 1. The van der Waals surface area contributed by atoms with Gasteiger partial charge in [-0.25, -0.2) is 4.79 Å². The Morgan fingerprint density at radius 3 is 1.96 bits per heavy atom. The molecule has 46 heavy (non-hydrogen) atoms. The van der Waals surface area contributed by atoms with Gasteiger partial charge in [-0.05, 0) is 84.1 Å². The number of phenolic OH excluding ortho intramolecular Hbond substituents is 1. The van der Waals surface area contributed by atoms with Gasteiger partial charge in [-0.15, -0.1) is 0 Å². The first-order valence-electron chi connectivity index (χ1n) is 14.4. The summed E-state index contributed by atoms with van der Waals surface area (Å²) in [6, 6.07) is 25.5. The van der Waals surface area contributed by atoms with E-state index in [4.69, 9.17) is 4.42 Å². The van der Waals surface area contributed by atoms with E-state index in [-0.39, 0.29) is 33.1 Å². The van der Waals surface area contributed by atoms with E-state index in [9.17, 15) is 29.9 Å². The van der Waals surface area contributed by atoms with Crippen LogP contribution in [0.5, 0.6) is 5.75 Å². The standard InChI is InChI=1S/C38H27NO7/c1-22-17-27(18-23(2)37(22)39(44)45)10-8-25-5-3-24(4-6-25)7-9-26-11-14-30(33(19-26)38(42)43)36-31-15-12-28(40)20-34(31)46-35-21-29(41)13-16-32(35)36/h3-21,40H,1-2H3,(H,42,43)/b9-7-,10-8+. The summed E-state index contributed by atoms with van der Waals surface area (Å²) in [5, 5.41) is 32.1. The molecule has 0 aromatic heterocycles. The number of rotatable bonds is 7. The highest BCUT2D eigenvalue weighted by Crippen LogP contribution is 2.42. The lowest BCUT2D eigenvalue weighted by Crippen LogP contribution is -2.04. The molecule has 0 fully saturated rings. The SMILES string of the molecule is Cc1cc(/C=C/c2ccc(/C=C\c3ccc(-c4c5ccc(=O)cc-5oc5cc(O)ccc45)c(C(=O)O)c3)cc2)cc(C)c1[N+](=O)[O-]. The lowest BCUT2D eigenvalue weighted by molar-refractivity contribution is -0.386. The summed E-state index contributed by atoms with van der Waals surface area (Å²) in [5.74, 6) is -0.837. The maximum absolute atomic E-state index is 12.5. The molecular weight excluding hydrogens is 582 g/mol. The molecule has 8 nitrogen and oxygen atoms in total. The van der Waals surface area contributed by atoms with Crippen molar-refractivity contribution in [1.82, 2.24) is 0 Å². The lowest BCUT2D eigenvalue weighted by Gasteiger charge is -2.17. The number of fused-ring (bicyclic) bond motifs is 2. The Morgan fingerprint density at radius 1 is 0.739 bits per heavy atom. The summed E-state index contributed by atoms with van der Waals surface area (Å²) in [4.78, 5) is 35.5. The molecule has 0 atom stereocenters. The van der Waals surface area contributed by atoms with E-state index in [0.717, 1.165) is 16.7 Å². The number of aromatic hydroxyl groups is 1. The molecule has 4 aromatic rings. The van der Waals surface area contributed by atoms with E-state index in [0.29, 0.717) is 44.3 Å². The Bertz CT molecular complexity index is 2240. The van der Waals surface area contributed by atoms with Crippen molar-refractivity contribution < 1.29 is 24.3 Å². The molecule has 0 amide bonds. The van der Waals surface area contributed by atoms with Crippen LogP contribution in [0.3, 0.4) is 0 Å². The van der Waals surface area contributed by atoms with Crippen LogP contribution in [0.4, 0.5) is 5.69 Å². The number of nitro benzene ring substituents is 1. The van der Waals surface area contributed by atoms with Crippen molar-refractivity contribution in [3.63, 3.8) is 0 Å². The third-order valence-electron chi connectivity index (χ3n) is 7.79. The van der Waals surface area contributed by atoms with Crippen LogP contribution in [0.1, 0.15) is 43.7 Å². The number of aryl methyl sites for hydroxylation is 2. The van der Waals surface area contributed by atoms with Gasteiger partial charge in [0.2, 0.25) is 0 Å². The van der Waals surface area contributed by atoms with Gasteiger partial charge in [-0.2, -0.15) is 0 Å². The molecule has 2 N–H and O–H groups in total. The molecule has 0 radical (unpaired) electrons. The van der Waals surface area contributed by atoms with E-state index in [1.165, 1.54) is 24.3 Å². The number of nitro groups is 1. The fourth-order valence-electron chi connectivity index (χ4n) is 5.69. The second-order valence-corrected chi connectivity index (χ2v) is 11.0. The topological polar surface area (TPSA) is 131 Å². The van der Waals surface area contributed by atoms with Crippen LogP contribution in [0.2, 0.25) is 0 Å². The average Bonchev–Trinajstić information content (AvgIpc) is 3.01. The van der Waals surface area contributed by atoms with Crippen LogP contribution >= 0.6 is 0 Å². The number of carboxylic acids is 1.